The highest BCUT2D eigenvalue weighted by molar-refractivity contribution is 6.30. The highest BCUT2D eigenvalue weighted by Gasteiger charge is 2.32. The van der Waals surface area contributed by atoms with Gasteiger partial charge in [0.05, 0.1) is 18.3 Å². The molecular formula is C21H18ClN5O4. The predicted molar refractivity (Wildman–Crippen MR) is 113 cm³/mol. The van der Waals surface area contributed by atoms with Crippen LogP contribution in [0.5, 0.6) is 11.5 Å². The Bertz CT molecular complexity index is 1140. The van der Waals surface area contributed by atoms with Gasteiger partial charge in [0.25, 0.3) is 11.8 Å². The van der Waals surface area contributed by atoms with Gasteiger partial charge in [-0.3, -0.25) is 14.5 Å². The second-order valence-electron chi connectivity index (χ2n) is 6.69. The number of ether oxygens (including phenoxy) is 2. The normalized spacial score (nSPS) is 15.5. The molecule has 9 nitrogen and oxygen atoms in total. The van der Waals surface area contributed by atoms with Crippen molar-refractivity contribution in [2.75, 3.05) is 25.7 Å². The molecule has 1 N–H and O–H groups in total. The predicted octanol–water partition coefficient (Wildman–Crippen LogP) is 2.35. The summed E-state index contributed by atoms with van der Waals surface area (Å²) in [7, 11) is 3.05. The van der Waals surface area contributed by atoms with Crippen molar-refractivity contribution in [3.8, 4) is 22.8 Å². The van der Waals surface area contributed by atoms with E-state index >= 15 is 0 Å². The number of nitrogens with one attached hydrogen (secondary N) is 1. The average Bonchev–Trinajstić information content (AvgIpc) is 2.91. The van der Waals surface area contributed by atoms with E-state index in [1.165, 1.54) is 24.4 Å². The average molecular weight is 440 g/mol. The number of pyridine rings is 1. The van der Waals surface area contributed by atoms with Gasteiger partial charge < -0.3 is 14.8 Å². The third-order valence-corrected chi connectivity index (χ3v) is 4.89. The van der Waals surface area contributed by atoms with Crippen LogP contribution in [0.3, 0.4) is 0 Å². The Hall–Kier alpha value is -3.72. The minimum Gasteiger partial charge on any atom is -0.493 e. The lowest BCUT2D eigenvalue weighted by atomic mass is 10.1. The third-order valence-electron chi connectivity index (χ3n) is 4.68. The van der Waals surface area contributed by atoms with Gasteiger partial charge in [0.15, 0.2) is 17.3 Å². The Balaban J connectivity index is 1.58. The molecule has 1 unspecified atom stereocenters. The fourth-order valence-electron chi connectivity index (χ4n) is 3.11. The van der Waals surface area contributed by atoms with E-state index < -0.39 is 17.9 Å². The van der Waals surface area contributed by atoms with Gasteiger partial charge in [0.1, 0.15) is 18.3 Å². The number of hydrogen-bond donors (Lipinski definition) is 1. The number of hydrogen-bond acceptors (Lipinski definition) is 7. The molecule has 0 bridgehead atoms. The topological polar surface area (TPSA) is 107 Å². The van der Waals surface area contributed by atoms with Crippen LogP contribution in [0.25, 0.3) is 11.3 Å². The number of nitrogens with zero attached hydrogens (tertiary/aromatic N) is 4. The zero-order valence-electron chi connectivity index (χ0n) is 16.7. The molecule has 0 fully saturated rings. The van der Waals surface area contributed by atoms with Gasteiger partial charge in [-0.1, -0.05) is 41.9 Å². The van der Waals surface area contributed by atoms with Crippen LogP contribution in [0.4, 0.5) is 5.82 Å². The maximum absolute atomic E-state index is 12.8. The second-order valence-corrected chi connectivity index (χ2v) is 7.12. The SMILES string of the molecule is COc1cnc(C(=O)NC2COc3cc(Cl)cnc3N(C)C2=O)nc1-c1ccccc1. The van der Waals surface area contributed by atoms with Gasteiger partial charge in [-0.25, -0.2) is 15.0 Å². The number of rotatable bonds is 4. The molecule has 1 aliphatic heterocycles. The molecule has 2 amide bonds. The maximum Gasteiger partial charge on any atom is 0.289 e. The summed E-state index contributed by atoms with van der Waals surface area (Å²) >= 11 is 5.96. The molecule has 1 aromatic carbocycles. The van der Waals surface area contributed by atoms with E-state index in [0.717, 1.165) is 5.56 Å². The van der Waals surface area contributed by atoms with Crippen molar-refractivity contribution in [2.24, 2.45) is 0 Å². The van der Waals surface area contributed by atoms with Crippen LogP contribution in [-0.2, 0) is 4.79 Å². The third kappa shape index (κ3) is 4.13. The lowest BCUT2D eigenvalue weighted by molar-refractivity contribution is -0.120. The number of methoxy groups -OCH3 is 1. The number of carbonyl (C=O) groups excluding carboxylic acids is 2. The molecule has 0 saturated heterocycles. The lowest BCUT2D eigenvalue weighted by Crippen LogP contribution is -2.49. The van der Waals surface area contributed by atoms with Gasteiger partial charge in [-0.15, -0.1) is 0 Å². The number of fused-ring (bicyclic) bond motifs is 1. The fourth-order valence-corrected chi connectivity index (χ4v) is 3.26. The first kappa shape index (κ1) is 20.5. The van der Waals surface area contributed by atoms with Gasteiger partial charge in [0.2, 0.25) is 5.82 Å². The van der Waals surface area contributed by atoms with Crippen molar-refractivity contribution in [2.45, 2.75) is 6.04 Å². The first-order valence-electron chi connectivity index (χ1n) is 9.31. The fraction of sp³-hybridized carbons (Fsp3) is 0.190. The lowest BCUT2D eigenvalue weighted by Gasteiger charge is -2.19. The first-order chi connectivity index (χ1) is 15.0. The Morgan fingerprint density at radius 2 is 2.03 bits per heavy atom. The summed E-state index contributed by atoms with van der Waals surface area (Å²) in [6.07, 6.45) is 2.84. The van der Waals surface area contributed by atoms with Crippen molar-refractivity contribution in [1.82, 2.24) is 20.3 Å². The van der Waals surface area contributed by atoms with Crippen molar-refractivity contribution in [3.05, 3.63) is 59.6 Å². The molecule has 1 atom stereocenters. The Morgan fingerprint density at radius 1 is 1.26 bits per heavy atom. The smallest absolute Gasteiger partial charge is 0.289 e. The number of likely N-dealkylation sites (N-methyl/N-ethyl adjacent to an activating group) is 1. The Labute approximate surface area is 183 Å². The van der Waals surface area contributed by atoms with Crippen LogP contribution in [0.15, 0.2) is 48.8 Å². The van der Waals surface area contributed by atoms with Crippen molar-refractivity contribution in [3.63, 3.8) is 0 Å². The summed E-state index contributed by atoms with van der Waals surface area (Å²) in [5.41, 5.74) is 1.23. The number of amides is 2. The summed E-state index contributed by atoms with van der Waals surface area (Å²) in [5, 5.41) is 3.02. The van der Waals surface area contributed by atoms with E-state index in [-0.39, 0.29) is 12.4 Å². The molecule has 1 aliphatic rings. The molecular weight excluding hydrogens is 422 g/mol. The zero-order valence-corrected chi connectivity index (χ0v) is 17.5. The molecule has 3 heterocycles. The molecule has 0 aliphatic carbocycles. The number of aromatic nitrogens is 3. The molecule has 0 radical (unpaired) electrons. The van der Waals surface area contributed by atoms with E-state index in [1.54, 1.807) is 13.1 Å². The summed E-state index contributed by atoms with van der Waals surface area (Å²) in [4.78, 5) is 39.6. The van der Waals surface area contributed by atoms with E-state index in [9.17, 15) is 9.59 Å². The van der Waals surface area contributed by atoms with E-state index in [2.05, 4.69) is 20.3 Å². The van der Waals surface area contributed by atoms with Crippen molar-refractivity contribution >= 4 is 29.2 Å². The first-order valence-corrected chi connectivity index (χ1v) is 9.69. The van der Waals surface area contributed by atoms with Gasteiger partial charge in [0, 0.05) is 24.9 Å². The molecule has 0 spiro atoms. The van der Waals surface area contributed by atoms with Crippen LogP contribution >= 0.6 is 11.6 Å². The Kier molecular flexibility index (Phi) is 5.68. The van der Waals surface area contributed by atoms with Crippen molar-refractivity contribution in [1.29, 1.82) is 0 Å². The summed E-state index contributed by atoms with van der Waals surface area (Å²) in [6.45, 7) is -0.0916. The number of halogens is 1. The molecule has 4 rings (SSSR count). The summed E-state index contributed by atoms with van der Waals surface area (Å²) < 4.78 is 11.0. The van der Waals surface area contributed by atoms with Crippen LogP contribution in [0.1, 0.15) is 10.6 Å². The summed E-state index contributed by atoms with van der Waals surface area (Å²) in [5.74, 6) is -0.0102. The highest BCUT2D eigenvalue weighted by atomic mass is 35.5. The minimum absolute atomic E-state index is 0.0916. The standard InChI is InChI=1S/C21H18ClN5O4/c1-27-19-15(8-13(22)9-24-19)31-11-14(21(27)29)25-20(28)18-23-10-16(30-2)17(26-18)12-6-4-3-5-7-12/h3-10,14H,11H2,1-2H3,(H,25,28). The maximum atomic E-state index is 12.8. The molecule has 31 heavy (non-hydrogen) atoms. The monoisotopic (exact) mass is 439 g/mol. The second kappa shape index (κ2) is 8.57. The van der Waals surface area contributed by atoms with Gasteiger partial charge in [-0.2, -0.15) is 0 Å². The van der Waals surface area contributed by atoms with E-state index in [1.807, 2.05) is 30.3 Å². The minimum atomic E-state index is -0.962. The van der Waals surface area contributed by atoms with Crippen molar-refractivity contribution < 1.29 is 19.1 Å². The Morgan fingerprint density at radius 3 is 2.77 bits per heavy atom. The molecule has 2 aromatic heterocycles. The van der Waals surface area contributed by atoms with E-state index in [4.69, 9.17) is 21.1 Å². The highest BCUT2D eigenvalue weighted by Crippen LogP contribution is 2.31. The molecule has 0 saturated carbocycles. The number of carbonyl (C=O) groups is 2. The molecule has 158 valence electrons. The van der Waals surface area contributed by atoms with Crippen LogP contribution in [-0.4, -0.2) is 53.6 Å². The van der Waals surface area contributed by atoms with Crippen LogP contribution < -0.4 is 19.7 Å². The van der Waals surface area contributed by atoms with Crippen LogP contribution in [0.2, 0.25) is 5.02 Å². The largest absolute Gasteiger partial charge is 0.493 e. The quantitative estimate of drug-likeness (QED) is 0.665. The number of benzene rings is 1. The van der Waals surface area contributed by atoms with Gasteiger partial charge >= 0.3 is 0 Å². The zero-order chi connectivity index (χ0) is 22.0. The molecule has 3 aromatic rings. The molecule has 10 heteroatoms. The number of anilines is 1. The van der Waals surface area contributed by atoms with Gasteiger partial charge in [-0.05, 0) is 0 Å². The summed E-state index contributed by atoms with van der Waals surface area (Å²) in [6, 6.07) is 9.88. The van der Waals surface area contributed by atoms with E-state index in [0.29, 0.717) is 28.0 Å². The van der Waals surface area contributed by atoms with Crippen LogP contribution in [0, 0.1) is 0 Å².